The zero-order chi connectivity index (χ0) is 12.8. The Balaban J connectivity index is 1.93. The minimum absolute atomic E-state index is 0.670. The lowest BCUT2D eigenvalue weighted by atomic mass is 10.1. The highest BCUT2D eigenvalue weighted by molar-refractivity contribution is 5.56. The lowest BCUT2D eigenvalue weighted by molar-refractivity contribution is 0.366. The molecule has 0 amide bonds. The summed E-state index contributed by atoms with van der Waals surface area (Å²) in [5.74, 6) is 2.20. The van der Waals surface area contributed by atoms with Crippen LogP contribution in [0.3, 0.4) is 0 Å². The number of imidazole rings is 1. The van der Waals surface area contributed by atoms with Crippen molar-refractivity contribution in [2.24, 2.45) is 0 Å². The average molecular weight is 252 g/mol. The molecule has 3 heterocycles. The summed E-state index contributed by atoms with van der Waals surface area (Å²) in [5.41, 5.74) is 3.10. The largest absolute Gasteiger partial charge is 0.493 e. The molecule has 1 aliphatic heterocycles. The number of methoxy groups -OCH3 is 1. The number of ether oxygens (including phenoxy) is 2. The third-order valence-corrected chi connectivity index (χ3v) is 3.43. The molecular formula is C15H12N2O2. The molecule has 0 aliphatic carbocycles. The Hall–Kier alpha value is -2.49. The molecule has 0 saturated carbocycles. The zero-order valence-electron chi connectivity index (χ0n) is 10.5. The third-order valence-electron chi connectivity index (χ3n) is 3.43. The fraction of sp³-hybridized carbons (Fsp3) is 0.133. The van der Waals surface area contributed by atoms with Gasteiger partial charge in [0.15, 0.2) is 11.5 Å². The minimum Gasteiger partial charge on any atom is -0.493 e. The molecule has 0 unspecified atom stereocenters. The fourth-order valence-corrected chi connectivity index (χ4v) is 2.52. The third kappa shape index (κ3) is 1.43. The maximum absolute atomic E-state index is 5.93. The minimum atomic E-state index is 0.670. The lowest BCUT2D eigenvalue weighted by Gasteiger charge is -2.18. The van der Waals surface area contributed by atoms with Crippen LogP contribution in [0, 0.1) is 0 Å². The van der Waals surface area contributed by atoms with Crippen molar-refractivity contribution in [3.63, 3.8) is 0 Å². The summed E-state index contributed by atoms with van der Waals surface area (Å²) in [7, 11) is 1.65. The molecule has 0 atom stereocenters. The monoisotopic (exact) mass is 252 g/mol. The second-order valence-corrected chi connectivity index (χ2v) is 4.52. The Labute approximate surface area is 110 Å². The SMILES string of the molecule is COc1cccc2c1Oc1nc3ccccn3c1C2. The molecule has 1 aromatic carbocycles. The summed E-state index contributed by atoms with van der Waals surface area (Å²) < 4.78 is 13.3. The van der Waals surface area contributed by atoms with Gasteiger partial charge in [-0.05, 0) is 18.2 Å². The van der Waals surface area contributed by atoms with Crippen molar-refractivity contribution in [3.8, 4) is 17.4 Å². The van der Waals surface area contributed by atoms with Crippen LogP contribution in [-0.4, -0.2) is 16.5 Å². The maximum atomic E-state index is 5.93. The Morgan fingerprint density at radius 2 is 2.16 bits per heavy atom. The second kappa shape index (κ2) is 3.75. The molecule has 0 saturated heterocycles. The van der Waals surface area contributed by atoms with Crippen molar-refractivity contribution in [3.05, 3.63) is 53.9 Å². The first kappa shape index (κ1) is 10.4. The van der Waals surface area contributed by atoms with Crippen LogP contribution in [0.5, 0.6) is 17.4 Å². The van der Waals surface area contributed by atoms with Gasteiger partial charge < -0.3 is 9.47 Å². The van der Waals surface area contributed by atoms with E-state index in [-0.39, 0.29) is 0 Å². The number of fused-ring (bicyclic) bond motifs is 4. The number of aromatic nitrogens is 2. The van der Waals surface area contributed by atoms with Crippen molar-refractivity contribution in [2.75, 3.05) is 7.11 Å². The number of pyridine rings is 1. The van der Waals surface area contributed by atoms with Gasteiger partial charge in [0.25, 0.3) is 0 Å². The normalized spacial score (nSPS) is 12.7. The molecule has 4 rings (SSSR count). The van der Waals surface area contributed by atoms with Crippen LogP contribution in [0.25, 0.3) is 5.65 Å². The van der Waals surface area contributed by atoms with Crippen LogP contribution in [0.4, 0.5) is 0 Å². The summed E-state index contributed by atoms with van der Waals surface area (Å²) in [4.78, 5) is 4.51. The van der Waals surface area contributed by atoms with Crippen LogP contribution < -0.4 is 9.47 Å². The van der Waals surface area contributed by atoms with E-state index in [9.17, 15) is 0 Å². The van der Waals surface area contributed by atoms with Gasteiger partial charge in [0, 0.05) is 18.2 Å². The van der Waals surface area contributed by atoms with E-state index in [0.29, 0.717) is 5.88 Å². The zero-order valence-corrected chi connectivity index (χ0v) is 10.5. The van der Waals surface area contributed by atoms with Crippen LogP contribution >= 0.6 is 0 Å². The smallest absolute Gasteiger partial charge is 0.242 e. The van der Waals surface area contributed by atoms with Gasteiger partial charge in [-0.15, -0.1) is 0 Å². The quantitative estimate of drug-likeness (QED) is 0.522. The summed E-state index contributed by atoms with van der Waals surface area (Å²) in [6, 6.07) is 11.9. The van der Waals surface area contributed by atoms with Gasteiger partial charge in [-0.2, -0.15) is 4.98 Å². The predicted molar refractivity (Wildman–Crippen MR) is 71.1 cm³/mol. The fourth-order valence-electron chi connectivity index (χ4n) is 2.52. The molecular weight excluding hydrogens is 240 g/mol. The summed E-state index contributed by atoms with van der Waals surface area (Å²) in [5, 5.41) is 0. The topological polar surface area (TPSA) is 35.8 Å². The van der Waals surface area contributed by atoms with Crippen molar-refractivity contribution >= 4 is 5.65 Å². The van der Waals surface area contributed by atoms with Crippen molar-refractivity contribution in [1.82, 2.24) is 9.38 Å². The van der Waals surface area contributed by atoms with Crippen LogP contribution in [-0.2, 0) is 6.42 Å². The Morgan fingerprint density at radius 1 is 1.21 bits per heavy atom. The summed E-state index contributed by atoms with van der Waals surface area (Å²) >= 11 is 0. The van der Waals surface area contributed by atoms with Gasteiger partial charge in [0.1, 0.15) is 5.65 Å². The average Bonchev–Trinajstić information content (AvgIpc) is 2.82. The van der Waals surface area contributed by atoms with Crippen LogP contribution in [0.15, 0.2) is 42.6 Å². The molecule has 2 aromatic heterocycles. The molecule has 0 fully saturated rings. The predicted octanol–water partition coefficient (Wildman–Crippen LogP) is 3.04. The molecule has 4 heteroatoms. The molecule has 0 bridgehead atoms. The summed E-state index contributed by atoms with van der Waals surface area (Å²) in [6.45, 7) is 0. The number of hydrogen-bond acceptors (Lipinski definition) is 3. The van der Waals surface area contributed by atoms with E-state index in [2.05, 4.69) is 15.5 Å². The van der Waals surface area contributed by atoms with Crippen LogP contribution in [0.1, 0.15) is 11.3 Å². The standard InChI is InChI=1S/C15H12N2O2/c1-18-12-6-4-5-10-9-11-15(19-14(10)12)16-13-7-2-3-8-17(11)13/h2-8H,9H2,1H3. The van der Waals surface area contributed by atoms with Gasteiger partial charge in [0.2, 0.25) is 5.88 Å². The van der Waals surface area contributed by atoms with E-state index in [1.54, 1.807) is 7.11 Å². The van der Waals surface area contributed by atoms with Gasteiger partial charge >= 0.3 is 0 Å². The first-order valence-corrected chi connectivity index (χ1v) is 6.16. The highest BCUT2D eigenvalue weighted by Crippen LogP contribution is 2.41. The van der Waals surface area contributed by atoms with E-state index in [1.807, 2.05) is 36.5 Å². The van der Waals surface area contributed by atoms with E-state index in [1.165, 1.54) is 0 Å². The molecule has 0 radical (unpaired) electrons. The van der Waals surface area contributed by atoms with E-state index in [0.717, 1.165) is 34.8 Å². The first-order chi connectivity index (χ1) is 9.36. The van der Waals surface area contributed by atoms with Gasteiger partial charge in [-0.25, -0.2) is 0 Å². The molecule has 4 nitrogen and oxygen atoms in total. The second-order valence-electron chi connectivity index (χ2n) is 4.52. The van der Waals surface area contributed by atoms with Crippen molar-refractivity contribution < 1.29 is 9.47 Å². The molecule has 0 spiro atoms. The Kier molecular flexibility index (Phi) is 2.06. The van der Waals surface area contributed by atoms with E-state index in [4.69, 9.17) is 9.47 Å². The van der Waals surface area contributed by atoms with Gasteiger partial charge in [-0.3, -0.25) is 4.40 Å². The van der Waals surface area contributed by atoms with Crippen LogP contribution in [0.2, 0.25) is 0 Å². The van der Waals surface area contributed by atoms with Crippen molar-refractivity contribution in [2.45, 2.75) is 6.42 Å². The first-order valence-electron chi connectivity index (χ1n) is 6.16. The molecule has 94 valence electrons. The number of para-hydroxylation sites is 1. The Morgan fingerprint density at radius 3 is 3.05 bits per heavy atom. The van der Waals surface area contributed by atoms with Gasteiger partial charge in [-0.1, -0.05) is 18.2 Å². The summed E-state index contributed by atoms with van der Waals surface area (Å²) in [6.07, 6.45) is 2.81. The van der Waals surface area contributed by atoms with E-state index < -0.39 is 0 Å². The van der Waals surface area contributed by atoms with Crippen molar-refractivity contribution in [1.29, 1.82) is 0 Å². The maximum Gasteiger partial charge on any atom is 0.242 e. The lowest BCUT2D eigenvalue weighted by Crippen LogP contribution is -2.05. The number of rotatable bonds is 1. The highest BCUT2D eigenvalue weighted by atomic mass is 16.5. The van der Waals surface area contributed by atoms with Gasteiger partial charge in [0.05, 0.1) is 12.8 Å². The van der Waals surface area contributed by atoms with E-state index >= 15 is 0 Å². The molecule has 0 N–H and O–H groups in total. The molecule has 19 heavy (non-hydrogen) atoms. The number of nitrogens with zero attached hydrogens (tertiary/aromatic N) is 2. The molecule has 3 aromatic rings. The Bertz CT molecular complexity index is 777. The molecule has 1 aliphatic rings. The number of benzene rings is 1. The highest BCUT2D eigenvalue weighted by Gasteiger charge is 2.24. The number of hydrogen-bond donors (Lipinski definition) is 0.